The molecule has 0 spiro atoms. The second kappa shape index (κ2) is 7.13. The van der Waals surface area contributed by atoms with Crippen LogP contribution in [0, 0.1) is 6.92 Å². The summed E-state index contributed by atoms with van der Waals surface area (Å²) in [5.41, 5.74) is 2.48. The Kier molecular flexibility index (Phi) is 5.78. The first-order valence-corrected chi connectivity index (χ1v) is 6.26. The lowest BCUT2D eigenvalue weighted by molar-refractivity contribution is 0.354. The summed E-state index contributed by atoms with van der Waals surface area (Å²) in [4.78, 5) is 0. The van der Waals surface area contributed by atoms with Crippen LogP contribution in [0.2, 0.25) is 0 Å². The SMILES string of the molecule is C=CCOc1ccc(C)cc1C(C)NCCC. The van der Waals surface area contributed by atoms with Gasteiger partial charge in [0.25, 0.3) is 0 Å². The molecule has 1 atom stereocenters. The van der Waals surface area contributed by atoms with Crippen molar-refractivity contribution in [3.63, 3.8) is 0 Å². The Hall–Kier alpha value is -1.28. The summed E-state index contributed by atoms with van der Waals surface area (Å²) in [6.45, 7) is 11.7. The van der Waals surface area contributed by atoms with Crippen LogP contribution in [0.3, 0.4) is 0 Å². The van der Waals surface area contributed by atoms with Gasteiger partial charge in [0.2, 0.25) is 0 Å². The van der Waals surface area contributed by atoms with E-state index >= 15 is 0 Å². The largest absolute Gasteiger partial charge is 0.489 e. The number of aryl methyl sites for hydroxylation is 1. The lowest BCUT2D eigenvalue weighted by atomic mass is 10.0. The summed E-state index contributed by atoms with van der Waals surface area (Å²) in [5.74, 6) is 0.951. The van der Waals surface area contributed by atoms with E-state index in [0.717, 1.165) is 18.7 Å². The third-order valence-corrected chi connectivity index (χ3v) is 2.69. The molecule has 2 nitrogen and oxygen atoms in total. The summed E-state index contributed by atoms with van der Waals surface area (Å²) in [6, 6.07) is 6.62. The van der Waals surface area contributed by atoms with E-state index in [1.807, 2.05) is 6.07 Å². The summed E-state index contributed by atoms with van der Waals surface area (Å²) < 4.78 is 5.68. The lowest BCUT2D eigenvalue weighted by Crippen LogP contribution is -2.20. The molecule has 0 heterocycles. The van der Waals surface area contributed by atoms with Crippen molar-refractivity contribution in [2.75, 3.05) is 13.2 Å². The van der Waals surface area contributed by atoms with Gasteiger partial charge < -0.3 is 10.1 Å². The van der Waals surface area contributed by atoms with Crippen LogP contribution in [0.4, 0.5) is 0 Å². The van der Waals surface area contributed by atoms with Crippen molar-refractivity contribution >= 4 is 0 Å². The Morgan fingerprint density at radius 3 is 2.88 bits per heavy atom. The first-order valence-electron chi connectivity index (χ1n) is 6.26. The number of rotatable bonds is 7. The van der Waals surface area contributed by atoms with Crippen LogP contribution < -0.4 is 10.1 Å². The zero-order valence-corrected chi connectivity index (χ0v) is 11.1. The molecule has 2 heteroatoms. The van der Waals surface area contributed by atoms with Gasteiger partial charge in [-0.3, -0.25) is 0 Å². The fraction of sp³-hybridized carbons (Fsp3) is 0.467. The molecule has 17 heavy (non-hydrogen) atoms. The molecule has 1 aromatic carbocycles. The Balaban J connectivity index is 2.85. The Bertz CT molecular complexity index is 360. The number of nitrogens with one attached hydrogen (secondary N) is 1. The van der Waals surface area contributed by atoms with Gasteiger partial charge in [0.05, 0.1) is 0 Å². The van der Waals surface area contributed by atoms with Gasteiger partial charge >= 0.3 is 0 Å². The highest BCUT2D eigenvalue weighted by atomic mass is 16.5. The molecule has 0 bridgehead atoms. The van der Waals surface area contributed by atoms with Crippen LogP contribution in [-0.4, -0.2) is 13.2 Å². The van der Waals surface area contributed by atoms with E-state index < -0.39 is 0 Å². The first kappa shape index (κ1) is 13.8. The molecule has 0 saturated heterocycles. The third kappa shape index (κ3) is 4.23. The number of benzene rings is 1. The topological polar surface area (TPSA) is 21.3 Å². The van der Waals surface area contributed by atoms with Crippen LogP contribution in [0.1, 0.15) is 37.4 Å². The summed E-state index contributed by atoms with van der Waals surface area (Å²) in [6.07, 6.45) is 2.91. The zero-order chi connectivity index (χ0) is 12.7. The minimum Gasteiger partial charge on any atom is -0.489 e. The maximum Gasteiger partial charge on any atom is 0.124 e. The Morgan fingerprint density at radius 1 is 1.47 bits per heavy atom. The van der Waals surface area contributed by atoms with Crippen molar-refractivity contribution in [3.8, 4) is 5.75 Å². The van der Waals surface area contributed by atoms with Crippen LogP contribution in [0.15, 0.2) is 30.9 Å². The minimum atomic E-state index is 0.315. The van der Waals surface area contributed by atoms with Crippen LogP contribution in [0.5, 0.6) is 5.75 Å². The van der Waals surface area contributed by atoms with Crippen LogP contribution in [-0.2, 0) is 0 Å². The first-order chi connectivity index (χ1) is 8.19. The maximum atomic E-state index is 5.68. The van der Waals surface area contributed by atoms with Gasteiger partial charge in [-0.2, -0.15) is 0 Å². The van der Waals surface area contributed by atoms with Gasteiger partial charge in [-0.05, 0) is 32.9 Å². The van der Waals surface area contributed by atoms with Gasteiger partial charge in [-0.25, -0.2) is 0 Å². The molecule has 0 aliphatic rings. The summed E-state index contributed by atoms with van der Waals surface area (Å²) >= 11 is 0. The van der Waals surface area contributed by atoms with Crippen molar-refractivity contribution in [1.29, 1.82) is 0 Å². The minimum absolute atomic E-state index is 0.315. The molecule has 0 radical (unpaired) electrons. The molecule has 1 aromatic rings. The van der Waals surface area contributed by atoms with Crippen molar-refractivity contribution in [1.82, 2.24) is 5.32 Å². The average molecular weight is 233 g/mol. The van der Waals surface area contributed by atoms with Crippen molar-refractivity contribution in [2.24, 2.45) is 0 Å². The quantitative estimate of drug-likeness (QED) is 0.726. The fourth-order valence-electron chi connectivity index (χ4n) is 1.76. The van der Waals surface area contributed by atoms with Crippen LogP contribution in [0.25, 0.3) is 0 Å². The van der Waals surface area contributed by atoms with E-state index in [0.29, 0.717) is 12.6 Å². The molecule has 0 fully saturated rings. The molecule has 0 aromatic heterocycles. The van der Waals surface area contributed by atoms with Crippen molar-refractivity contribution in [2.45, 2.75) is 33.2 Å². The van der Waals surface area contributed by atoms with Gasteiger partial charge in [-0.1, -0.05) is 37.3 Å². The van der Waals surface area contributed by atoms with E-state index in [2.05, 4.69) is 44.8 Å². The normalized spacial score (nSPS) is 12.2. The molecule has 0 saturated carbocycles. The van der Waals surface area contributed by atoms with Crippen molar-refractivity contribution in [3.05, 3.63) is 42.0 Å². The van der Waals surface area contributed by atoms with Gasteiger partial charge in [-0.15, -0.1) is 0 Å². The number of ether oxygens (including phenoxy) is 1. The Morgan fingerprint density at radius 2 is 2.24 bits per heavy atom. The van der Waals surface area contributed by atoms with E-state index in [9.17, 15) is 0 Å². The lowest BCUT2D eigenvalue weighted by Gasteiger charge is -2.18. The molecule has 0 amide bonds. The monoisotopic (exact) mass is 233 g/mol. The van der Waals surface area contributed by atoms with E-state index in [-0.39, 0.29) is 0 Å². The molecule has 1 N–H and O–H groups in total. The highest BCUT2D eigenvalue weighted by Crippen LogP contribution is 2.26. The number of hydrogen-bond acceptors (Lipinski definition) is 2. The van der Waals surface area contributed by atoms with Gasteiger partial charge in [0.15, 0.2) is 0 Å². The molecule has 0 aliphatic carbocycles. The highest BCUT2D eigenvalue weighted by Gasteiger charge is 2.10. The zero-order valence-electron chi connectivity index (χ0n) is 11.1. The third-order valence-electron chi connectivity index (χ3n) is 2.69. The molecular weight excluding hydrogens is 210 g/mol. The molecule has 1 unspecified atom stereocenters. The second-order valence-electron chi connectivity index (χ2n) is 4.32. The van der Waals surface area contributed by atoms with Crippen LogP contribution >= 0.6 is 0 Å². The average Bonchev–Trinajstić information content (AvgIpc) is 2.34. The molecule has 94 valence electrons. The Labute approximate surface area is 105 Å². The van der Waals surface area contributed by atoms with E-state index in [1.54, 1.807) is 6.08 Å². The molecular formula is C15H23NO. The second-order valence-corrected chi connectivity index (χ2v) is 4.32. The fourth-order valence-corrected chi connectivity index (χ4v) is 1.76. The standard InChI is InChI=1S/C15H23NO/c1-5-9-16-13(4)14-11-12(3)7-8-15(14)17-10-6-2/h6-8,11,13,16H,2,5,9-10H2,1,3-4H3. The van der Waals surface area contributed by atoms with Crippen molar-refractivity contribution < 1.29 is 4.74 Å². The number of hydrogen-bond donors (Lipinski definition) is 1. The summed E-state index contributed by atoms with van der Waals surface area (Å²) in [5, 5.41) is 3.49. The summed E-state index contributed by atoms with van der Waals surface area (Å²) in [7, 11) is 0. The predicted octanol–water partition coefficient (Wildman–Crippen LogP) is 3.62. The smallest absolute Gasteiger partial charge is 0.124 e. The molecule has 1 rings (SSSR count). The van der Waals surface area contributed by atoms with E-state index in [1.165, 1.54) is 11.1 Å². The molecule has 0 aliphatic heterocycles. The van der Waals surface area contributed by atoms with Gasteiger partial charge in [0.1, 0.15) is 12.4 Å². The predicted molar refractivity (Wildman–Crippen MR) is 73.6 cm³/mol. The van der Waals surface area contributed by atoms with E-state index in [4.69, 9.17) is 4.74 Å². The van der Waals surface area contributed by atoms with Gasteiger partial charge in [0, 0.05) is 11.6 Å². The highest BCUT2D eigenvalue weighted by molar-refractivity contribution is 5.39. The maximum absolute atomic E-state index is 5.68.